The summed E-state index contributed by atoms with van der Waals surface area (Å²) in [5.41, 5.74) is 29.2. The smallest absolute Gasteiger partial charge is 0.391 e. The highest BCUT2D eigenvalue weighted by Gasteiger charge is 2.38. The minimum atomic E-state index is -5.32. The van der Waals surface area contributed by atoms with Crippen LogP contribution in [0.2, 0.25) is 0 Å². The molecule has 11 amide bonds. The van der Waals surface area contributed by atoms with E-state index < -0.39 is 161 Å². The second-order valence-electron chi connectivity index (χ2n) is 22.1. The van der Waals surface area contributed by atoms with Gasteiger partial charge in [-0.15, -0.1) is 0 Å². The van der Waals surface area contributed by atoms with Gasteiger partial charge >= 0.3 is 10.4 Å². The second kappa shape index (κ2) is 39.5. The third kappa shape index (κ3) is 29.2. The molecule has 0 saturated carbocycles. The molecule has 32 nitrogen and oxygen atoms in total. The lowest BCUT2D eigenvalue weighted by Crippen LogP contribution is -2.62. The van der Waals surface area contributed by atoms with E-state index in [4.69, 9.17) is 28.7 Å². The first-order valence-corrected chi connectivity index (χ1v) is 30.4. The second-order valence-corrected chi connectivity index (χ2v) is 23.2. The monoisotopic (exact) mass is 1230 g/mol. The van der Waals surface area contributed by atoms with Crippen LogP contribution in [0.15, 0.2) is 0 Å². The Kier molecular flexibility index (Phi) is 35.7. The van der Waals surface area contributed by atoms with Crippen molar-refractivity contribution in [1.29, 1.82) is 0 Å². The molecule has 488 valence electrons. The summed E-state index contributed by atoms with van der Waals surface area (Å²) in [6.45, 7) is 11.7. The molecule has 0 aromatic carbocycles. The minimum Gasteiger partial charge on any atom is -0.391 e. The molecule has 0 aliphatic carbocycles. The van der Waals surface area contributed by atoms with Gasteiger partial charge in [0.25, 0.3) is 0 Å². The molecule has 1 saturated heterocycles. The predicted molar refractivity (Wildman–Crippen MR) is 311 cm³/mol. The standard InChI is InChI=1S/C52H98N16O16S/c1-9-29(6)11-10-12-40(70)59-32(13-19-53)47(75)67-41(30(7)69)52(80)64-35(16-22-56)44(72)63-37-18-24-58-51(79)42(31(8)84-85(81,82)83)68-48(76)36(17-23-57)61-43(71)33(14-20-54)62-49(77)38(25-27(2)3)66-50(78)39(26-28(4)5)65-45(73)34(15-21-55)60-46(37)74/h27-39,41-42,69H,9-26,53-57H2,1-8H3,(H,58,79)(H,59,70)(H,60,74)(H,61,71)(H,62,77)(H,63,72)(H,64,80)(H,65,73)(H,66,78)(H,67,75)(H,68,76)(H,81,82,83)/t29?,30-,31-,32+,33+,34+,35+,36+,37+,38+,39-,41+,42+/m1/s1. The summed E-state index contributed by atoms with van der Waals surface area (Å²) in [5, 5.41) is 38.1. The molecule has 0 bridgehead atoms. The van der Waals surface area contributed by atoms with Crippen LogP contribution in [0.3, 0.4) is 0 Å². The average molecular weight is 1240 g/mol. The molecule has 0 spiro atoms. The fourth-order valence-corrected chi connectivity index (χ4v) is 9.33. The van der Waals surface area contributed by atoms with Crippen LogP contribution >= 0.6 is 0 Å². The highest BCUT2D eigenvalue weighted by atomic mass is 32.3. The molecule has 1 unspecified atom stereocenters. The summed E-state index contributed by atoms with van der Waals surface area (Å²) in [6, 6.07) is -15.6. The Bertz CT molecular complexity index is 2320. The quantitative estimate of drug-likeness (QED) is 0.0298. The Morgan fingerprint density at radius 1 is 0.576 bits per heavy atom. The van der Waals surface area contributed by atoms with Crippen molar-refractivity contribution >= 4 is 75.4 Å². The van der Waals surface area contributed by atoms with E-state index in [9.17, 15) is 70.8 Å². The van der Waals surface area contributed by atoms with Crippen LogP contribution in [0.1, 0.15) is 132 Å². The number of carbonyl (C=O) groups is 11. The van der Waals surface area contributed by atoms with E-state index in [1.807, 2.05) is 13.8 Å². The molecule has 13 atom stereocenters. The number of amides is 11. The number of nitrogens with two attached hydrogens (primary N) is 5. The maximum atomic E-state index is 14.5. The maximum Gasteiger partial charge on any atom is 0.397 e. The molecule has 1 fully saturated rings. The summed E-state index contributed by atoms with van der Waals surface area (Å²) in [7, 11) is -5.32. The third-order valence-electron chi connectivity index (χ3n) is 13.7. The molecule has 23 N–H and O–H groups in total. The number of hydrogen-bond acceptors (Lipinski definition) is 20. The Morgan fingerprint density at radius 2 is 1.01 bits per heavy atom. The van der Waals surface area contributed by atoms with Gasteiger partial charge < -0.3 is 92.3 Å². The zero-order valence-electron chi connectivity index (χ0n) is 50.3. The number of carbonyl (C=O) groups excluding carboxylic acids is 11. The molecule has 1 heterocycles. The van der Waals surface area contributed by atoms with Crippen LogP contribution in [-0.2, 0) is 67.3 Å². The van der Waals surface area contributed by atoms with Crippen molar-refractivity contribution in [2.45, 2.75) is 205 Å². The van der Waals surface area contributed by atoms with Gasteiger partial charge in [-0.05, 0) is 122 Å². The summed E-state index contributed by atoms with van der Waals surface area (Å²) in [5.74, 6) is -10.6. The number of nitrogens with one attached hydrogen (secondary N) is 11. The lowest BCUT2D eigenvalue weighted by molar-refractivity contribution is -0.137. The molecular weight excluding hydrogens is 1140 g/mol. The SMILES string of the molecule is CCC(C)CCCC(=O)N[C@@H](CCN)C(=O)N[C@H](C(=O)N[C@@H](CCN)C(=O)N[C@H]1CCNC(=O)[C@H]([C@@H](C)OS(=O)(=O)O)NC(=O)[C@H](CCN)NC(=O)[C@H](CCN)NC(=O)[C@H](CC(C)C)NC(=O)[C@@H](CC(C)C)NC(=O)[C@H](CCN)NC1=O)[C@@H](C)O. The maximum absolute atomic E-state index is 14.5. The van der Waals surface area contributed by atoms with Crippen molar-refractivity contribution in [3.8, 4) is 0 Å². The lowest BCUT2D eigenvalue weighted by Gasteiger charge is -2.29. The molecule has 0 aromatic rings. The van der Waals surface area contributed by atoms with E-state index in [2.05, 4.69) is 62.7 Å². The van der Waals surface area contributed by atoms with E-state index in [0.717, 1.165) is 19.8 Å². The number of aliphatic hydroxyl groups excluding tert-OH is 1. The van der Waals surface area contributed by atoms with E-state index in [0.29, 0.717) is 12.3 Å². The molecule has 33 heteroatoms. The molecule has 0 aromatic heterocycles. The van der Waals surface area contributed by atoms with Gasteiger partial charge in [0.15, 0.2) is 0 Å². The topological polar surface area (TPSA) is 534 Å². The molecule has 1 aliphatic rings. The van der Waals surface area contributed by atoms with Crippen LogP contribution in [0.4, 0.5) is 0 Å². The van der Waals surface area contributed by atoms with Gasteiger partial charge in [-0.3, -0.25) is 57.3 Å². The van der Waals surface area contributed by atoms with Gasteiger partial charge in [-0.1, -0.05) is 54.4 Å². The van der Waals surface area contributed by atoms with E-state index in [1.165, 1.54) is 6.92 Å². The Labute approximate surface area is 498 Å². The summed E-state index contributed by atoms with van der Waals surface area (Å²) >= 11 is 0. The Balaban J connectivity index is 3.98. The summed E-state index contributed by atoms with van der Waals surface area (Å²) < 4.78 is 38.1. The zero-order chi connectivity index (χ0) is 64.7. The summed E-state index contributed by atoms with van der Waals surface area (Å²) in [6.07, 6.45) is -2.83. The highest BCUT2D eigenvalue weighted by molar-refractivity contribution is 7.80. The average Bonchev–Trinajstić information content (AvgIpc) is 3.64. The minimum absolute atomic E-state index is 0.00424. The molecular formula is C52H98N16O16S. The van der Waals surface area contributed by atoms with Crippen LogP contribution in [0, 0.1) is 17.8 Å². The van der Waals surface area contributed by atoms with Crippen LogP contribution in [0.5, 0.6) is 0 Å². The van der Waals surface area contributed by atoms with Crippen molar-refractivity contribution in [1.82, 2.24) is 58.5 Å². The number of hydrogen-bond donors (Lipinski definition) is 18. The first-order valence-electron chi connectivity index (χ1n) is 29.0. The first kappa shape index (κ1) is 76.8. The highest BCUT2D eigenvalue weighted by Crippen LogP contribution is 2.14. The zero-order valence-corrected chi connectivity index (χ0v) is 51.1. The Hall–Kier alpha value is -6.20. The van der Waals surface area contributed by atoms with Gasteiger partial charge in [0.2, 0.25) is 65.0 Å². The van der Waals surface area contributed by atoms with Gasteiger partial charge in [-0.25, -0.2) is 4.18 Å². The number of aliphatic hydroxyl groups is 1. The fourth-order valence-electron chi connectivity index (χ4n) is 8.84. The summed E-state index contributed by atoms with van der Waals surface area (Å²) in [4.78, 5) is 154. The molecule has 1 rings (SSSR count). The van der Waals surface area contributed by atoms with E-state index in [1.54, 1.807) is 27.7 Å². The molecule has 1 aliphatic heterocycles. The van der Waals surface area contributed by atoms with Crippen LogP contribution in [-0.4, -0.2) is 195 Å². The Morgan fingerprint density at radius 3 is 1.44 bits per heavy atom. The number of rotatable bonds is 30. The third-order valence-corrected chi connectivity index (χ3v) is 14.2. The van der Waals surface area contributed by atoms with Gasteiger partial charge in [0.1, 0.15) is 66.5 Å². The van der Waals surface area contributed by atoms with Crippen molar-refractivity contribution in [2.75, 3.05) is 39.3 Å². The van der Waals surface area contributed by atoms with Crippen molar-refractivity contribution in [2.24, 2.45) is 46.4 Å². The molecule has 0 radical (unpaired) electrons. The largest absolute Gasteiger partial charge is 0.397 e. The first-order chi connectivity index (χ1) is 39.9. The lowest BCUT2D eigenvalue weighted by atomic mass is 9.99. The van der Waals surface area contributed by atoms with Crippen molar-refractivity contribution in [3.05, 3.63) is 0 Å². The van der Waals surface area contributed by atoms with E-state index >= 15 is 0 Å². The normalized spacial score (nSPS) is 23.2. The van der Waals surface area contributed by atoms with Crippen LogP contribution in [0.25, 0.3) is 0 Å². The van der Waals surface area contributed by atoms with Crippen molar-refractivity contribution in [3.63, 3.8) is 0 Å². The van der Waals surface area contributed by atoms with Gasteiger partial charge in [0, 0.05) is 13.0 Å². The fraction of sp³-hybridized carbons (Fsp3) is 0.788. The van der Waals surface area contributed by atoms with Crippen LogP contribution < -0.4 is 87.2 Å². The van der Waals surface area contributed by atoms with Gasteiger partial charge in [-0.2, -0.15) is 8.42 Å². The predicted octanol–water partition coefficient (Wildman–Crippen LogP) is -6.00. The van der Waals surface area contributed by atoms with Crippen molar-refractivity contribution < 1.29 is 75.0 Å². The molecule has 85 heavy (non-hydrogen) atoms. The van der Waals surface area contributed by atoms with E-state index in [-0.39, 0.29) is 95.9 Å². The van der Waals surface area contributed by atoms with Gasteiger partial charge in [0.05, 0.1) is 6.10 Å².